The molecule has 5 heteroatoms. The van der Waals surface area contributed by atoms with Crippen LogP contribution in [0.2, 0.25) is 0 Å². The van der Waals surface area contributed by atoms with Crippen LogP contribution in [0.3, 0.4) is 0 Å². The summed E-state index contributed by atoms with van der Waals surface area (Å²) in [6.45, 7) is 9.67. The number of carbonyl (C=O) groups excluding carboxylic acids is 3. The van der Waals surface area contributed by atoms with E-state index in [-0.39, 0.29) is 18.3 Å². The lowest BCUT2D eigenvalue weighted by Gasteiger charge is -2.21. The van der Waals surface area contributed by atoms with E-state index in [0.717, 1.165) is 12.8 Å². The Morgan fingerprint density at radius 2 is 1.83 bits per heavy atom. The van der Waals surface area contributed by atoms with E-state index in [1.807, 2.05) is 39.8 Å². The Hall–Kier alpha value is -1.61. The van der Waals surface area contributed by atoms with E-state index in [9.17, 15) is 4.79 Å². The van der Waals surface area contributed by atoms with Crippen LogP contribution < -0.4 is 5.32 Å². The van der Waals surface area contributed by atoms with Crippen LogP contribution in [0, 0.1) is 0 Å². The summed E-state index contributed by atoms with van der Waals surface area (Å²) in [6, 6.07) is 0.0693. The second-order valence-electron chi connectivity index (χ2n) is 4.58. The molecule has 0 spiro atoms. The van der Waals surface area contributed by atoms with E-state index in [4.69, 9.17) is 14.3 Å². The molecule has 0 aliphatic rings. The number of allylic oxidation sites excluding steroid dienone is 1. The van der Waals surface area contributed by atoms with Gasteiger partial charge in [-0.2, -0.15) is 9.59 Å². The minimum Gasteiger partial charge on any atom is -0.444 e. The van der Waals surface area contributed by atoms with Gasteiger partial charge in [0.15, 0.2) is 0 Å². The lowest BCUT2D eigenvalue weighted by atomic mass is 10.2. The van der Waals surface area contributed by atoms with Gasteiger partial charge < -0.3 is 10.1 Å². The Kier molecular flexibility index (Phi) is 11.0. The first-order chi connectivity index (χ1) is 8.30. The van der Waals surface area contributed by atoms with Crippen molar-refractivity contribution in [3.8, 4) is 0 Å². The van der Waals surface area contributed by atoms with Gasteiger partial charge in [-0.3, -0.25) is 0 Å². The van der Waals surface area contributed by atoms with Gasteiger partial charge in [-0.05, 0) is 33.6 Å². The maximum atomic E-state index is 11.4. The molecule has 0 aromatic heterocycles. The predicted molar refractivity (Wildman–Crippen MR) is 67.9 cm³/mol. The molecule has 0 saturated heterocycles. The van der Waals surface area contributed by atoms with Crippen LogP contribution in [0.15, 0.2) is 12.2 Å². The Morgan fingerprint density at radius 1 is 1.33 bits per heavy atom. The second kappa shape index (κ2) is 10.5. The van der Waals surface area contributed by atoms with Crippen molar-refractivity contribution in [1.29, 1.82) is 0 Å². The first-order valence-corrected chi connectivity index (χ1v) is 5.96. The molecule has 0 radical (unpaired) electrons. The largest absolute Gasteiger partial charge is 0.444 e. The smallest absolute Gasteiger partial charge is 0.408 e. The number of rotatable bonds is 4. The third-order valence-electron chi connectivity index (χ3n) is 1.75. The van der Waals surface area contributed by atoms with Crippen molar-refractivity contribution in [3.63, 3.8) is 0 Å². The highest BCUT2D eigenvalue weighted by atomic mass is 16.6. The zero-order chi connectivity index (χ0) is 14.6. The summed E-state index contributed by atoms with van der Waals surface area (Å²) in [7, 11) is 0. The molecule has 1 N–H and O–H groups in total. The van der Waals surface area contributed by atoms with Crippen molar-refractivity contribution < 1.29 is 19.1 Å². The van der Waals surface area contributed by atoms with E-state index in [1.165, 1.54) is 0 Å². The number of ether oxygens (including phenoxy) is 1. The Balaban J connectivity index is 0. The third kappa shape index (κ3) is 14.4. The number of alkyl carbamates (subject to hydrolysis) is 1. The van der Waals surface area contributed by atoms with Crippen molar-refractivity contribution in [1.82, 2.24) is 5.32 Å². The summed E-state index contributed by atoms with van der Waals surface area (Å²) < 4.78 is 5.17. The first-order valence-electron chi connectivity index (χ1n) is 5.96. The normalized spacial score (nSPS) is 12.1. The molecular weight excluding hydrogens is 234 g/mol. The third-order valence-corrected chi connectivity index (χ3v) is 1.75. The van der Waals surface area contributed by atoms with Gasteiger partial charge in [0.1, 0.15) is 5.60 Å². The van der Waals surface area contributed by atoms with Crippen LogP contribution in [0.1, 0.15) is 47.5 Å². The molecule has 0 aliphatic carbocycles. The molecule has 0 aromatic carbocycles. The Labute approximate surface area is 109 Å². The number of carbonyl (C=O) groups is 1. The Bertz CT molecular complexity index is 286. The zero-order valence-electron chi connectivity index (χ0n) is 11.8. The highest BCUT2D eigenvalue weighted by Gasteiger charge is 2.17. The van der Waals surface area contributed by atoms with Crippen molar-refractivity contribution in [2.45, 2.75) is 59.1 Å². The topological polar surface area (TPSA) is 72.5 Å². The van der Waals surface area contributed by atoms with E-state index in [2.05, 4.69) is 12.2 Å². The van der Waals surface area contributed by atoms with Crippen molar-refractivity contribution in [2.75, 3.05) is 0 Å². The summed E-state index contributed by atoms with van der Waals surface area (Å²) in [5.41, 5.74) is -0.434. The molecule has 0 saturated carbocycles. The molecule has 5 nitrogen and oxygen atoms in total. The Morgan fingerprint density at radius 3 is 2.17 bits per heavy atom. The van der Waals surface area contributed by atoms with Crippen LogP contribution in [0.25, 0.3) is 0 Å². The molecule has 0 rings (SSSR count). The van der Waals surface area contributed by atoms with Gasteiger partial charge >= 0.3 is 12.2 Å². The first kappa shape index (κ1) is 18.7. The predicted octanol–water partition coefficient (Wildman–Crippen LogP) is 2.67. The minimum atomic E-state index is -0.434. The molecule has 1 atom stereocenters. The number of amides is 1. The fourth-order valence-electron chi connectivity index (χ4n) is 1.05. The maximum absolute atomic E-state index is 11.4. The lowest BCUT2D eigenvalue weighted by molar-refractivity contribution is -0.191. The standard InChI is InChI=1S/C12H23NO2.CO2/c1-6-8-9-10(7-2)13-11(14)15-12(3,4)5;2-1-3/h8-10H,6-7H2,1-5H3,(H,13,14);/b9-8+;/t10-;/m0./s1. The molecule has 104 valence electrons. The molecule has 1 amide bonds. The summed E-state index contributed by atoms with van der Waals surface area (Å²) in [5, 5.41) is 2.81. The molecule has 0 aliphatic heterocycles. The highest BCUT2D eigenvalue weighted by Crippen LogP contribution is 2.07. The van der Waals surface area contributed by atoms with Gasteiger partial charge in [0.05, 0.1) is 6.04 Å². The van der Waals surface area contributed by atoms with E-state index < -0.39 is 5.60 Å². The second-order valence-corrected chi connectivity index (χ2v) is 4.58. The molecule has 0 fully saturated rings. The molecule has 0 unspecified atom stereocenters. The van der Waals surface area contributed by atoms with Crippen LogP contribution in [0.4, 0.5) is 4.79 Å². The SMILES string of the molecule is CC/C=C/[C@H](CC)NC(=O)OC(C)(C)C.O=C=O. The van der Waals surface area contributed by atoms with Gasteiger partial charge in [0, 0.05) is 0 Å². The monoisotopic (exact) mass is 257 g/mol. The molecule has 0 aromatic rings. The maximum Gasteiger partial charge on any atom is 0.408 e. The van der Waals surface area contributed by atoms with Crippen LogP contribution in [0.5, 0.6) is 0 Å². The van der Waals surface area contributed by atoms with Gasteiger partial charge in [-0.1, -0.05) is 26.0 Å². The zero-order valence-corrected chi connectivity index (χ0v) is 11.8. The minimum absolute atomic E-state index is 0.0693. The van der Waals surface area contributed by atoms with Crippen molar-refractivity contribution in [2.24, 2.45) is 0 Å². The molecule has 18 heavy (non-hydrogen) atoms. The average Bonchev–Trinajstić information content (AvgIpc) is 2.22. The van der Waals surface area contributed by atoms with Gasteiger partial charge in [0.25, 0.3) is 0 Å². The van der Waals surface area contributed by atoms with E-state index in [0.29, 0.717) is 0 Å². The lowest BCUT2D eigenvalue weighted by Crippen LogP contribution is -2.37. The van der Waals surface area contributed by atoms with Crippen LogP contribution in [-0.2, 0) is 14.3 Å². The molecule has 0 bridgehead atoms. The quantitative estimate of drug-likeness (QED) is 0.786. The van der Waals surface area contributed by atoms with Crippen LogP contribution in [-0.4, -0.2) is 23.9 Å². The van der Waals surface area contributed by atoms with Gasteiger partial charge in [-0.25, -0.2) is 4.79 Å². The van der Waals surface area contributed by atoms with Gasteiger partial charge in [0.2, 0.25) is 0 Å². The van der Waals surface area contributed by atoms with Crippen LogP contribution >= 0.6 is 0 Å². The molecule has 0 heterocycles. The van der Waals surface area contributed by atoms with E-state index in [1.54, 1.807) is 0 Å². The van der Waals surface area contributed by atoms with Crippen molar-refractivity contribution >= 4 is 12.2 Å². The van der Waals surface area contributed by atoms with Gasteiger partial charge in [-0.15, -0.1) is 0 Å². The highest BCUT2D eigenvalue weighted by molar-refractivity contribution is 5.68. The number of nitrogens with one attached hydrogen (secondary N) is 1. The van der Waals surface area contributed by atoms with Crippen molar-refractivity contribution in [3.05, 3.63) is 12.2 Å². The summed E-state index contributed by atoms with van der Waals surface area (Å²) in [4.78, 5) is 27.7. The fourth-order valence-corrected chi connectivity index (χ4v) is 1.05. The molecular formula is C13H23NO4. The number of hydrogen-bond donors (Lipinski definition) is 1. The fraction of sp³-hybridized carbons (Fsp3) is 0.692. The summed E-state index contributed by atoms with van der Waals surface area (Å²) in [5.74, 6) is 0. The summed E-state index contributed by atoms with van der Waals surface area (Å²) >= 11 is 0. The number of hydrogen-bond acceptors (Lipinski definition) is 4. The van der Waals surface area contributed by atoms with E-state index >= 15 is 0 Å². The average molecular weight is 257 g/mol. The summed E-state index contributed by atoms with van der Waals surface area (Å²) in [6.07, 6.45) is 5.80.